The zero-order valence-electron chi connectivity index (χ0n) is 14.9. The van der Waals surface area contributed by atoms with E-state index >= 15 is 0 Å². The topological polar surface area (TPSA) is 97.1 Å². The highest BCUT2D eigenvalue weighted by atomic mass is 19.1. The van der Waals surface area contributed by atoms with Crippen LogP contribution in [0.25, 0.3) is 11.4 Å². The zero-order chi connectivity index (χ0) is 18.9. The minimum Gasteiger partial charge on any atom is -0.356 e. The average Bonchev–Trinajstić information content (AvgIpc) is 3.09. The van der Waals surface area contributed by atoms with Crippen molar-refractivity contribution >= 4 is 11.8 Å². The van der Waals surface area contributed by atoms with Gasteiger partial charge in [-0.3, -0.25) is 9.59 Å². The molecule has 7 nitrogen and oxygen atoms in total. The molecule has 1 aromatic carbocycles. The number of nitrogens with one attached hydrogen (secondary N) is 2. The molecule has 8 heteroatoms. The number of carbonyl (C=O) groups excluding carboxylic acids is 2. The van der Waals surface area contributed by atoms with Crippen molar-refractivity contribution in [2.45, 2.75) is 45.6 Å². The lowest BCUT2D eigenvalue weighted by Gasteiger charge is -2.11. The van der Waals surface area contributed by atoms with E-state index < -0.39 is 0 Å². The van der Waals surface area contributed by atoms with Crippen molar-refractivity contribution in [2.24, 2.45) is 0 Å². The second-order valence-corrected chi connectivity index (χ2v) is 6.00. The Kier molecular flexibility index (Phi) is 7.25. The van der Waals surface area contributed by atoms with Crippen LogP contribution in [0.1, 0.15) is 39.0 Å². The van der Waals surface area contributed by atoms with Gasteiger partial charge in [-0.15, -0.1) is 0 Å². The van der Waals surface area contributed by atoms with Crippen molar-refractivity contribution in [1.82, 2.24) is 20.8 Å². The van der Waals surface area contributed by atoms with Crippen LogP contribution in [-0.2, 0) is 16.0 Å². The smallest absolute Gasteiger partial charge is 0.227 e. The highest BCUT2D eigenvalue weighted by Crippen LogP contribution is 2.16. The summed E-state index contributed by atoms with van der Waals surface area (Å²) in [6.07, 6.45) is 1.57. The van der Waals surface area contributed by atoms with Gasteiger partial charge in [-0.25, -0.2) is 4.39 Å². The zero-order valence-corrected chi connectivity index (χ0v) is 14.9. The molecule has 0 aliphatic rings. The maximum Gasteiger partial charge on any atom is 0.227 e. The number of benzene rings is 1. The van der Waals surface area contributed by atoms with Gasteiger partial charge < -0.3 is 15.2 Å². The summed E-state index contributed by atoms with van der Waals surface area (Å²) in [5.74, 6) is 0.0615. The Morgan fingerprint density at radius 1 is 1.19 bits per heavy atom. The number of hydrogen-bond acceptors (Lipinski definition) is 5. The fourth-order valence-corrected chi connectivity index (χ4v) is 2.15. The molecule has 0 fully saturated rings. The maximum atomic E-state index is 12.9. The SMILES string of the molecule is CCC(C)NC(=O)CCNC(=O)CCc1nc(-c2ccc(F)cc2)no1. The normalized spacial score (nSPS) is 11.8. The van der Waals surface area contributed by atoms with Gasteiger partial charge in [0.1, 0.15) is 5.82 Å². The van der Waals surface area contributed by atoms with Crippen LogP contribution < -0.4 is 10.6 Å². The van der Waals surface area contributed by atoms with Crippen molar-refractivity contribution in [2.75, 3.05) is 6.54 Å². The second kappa shape index (κ2) is 9.65. The number of carbonyl (C=O) groups is 2. The van der Waals surface area contributed by atoms with E-state index in [4.69, 9.17) is 4.52 Å². The molecule has 2 aromatic rings. The van der Waals surface area contributed by atoms with Crippen LogP contribution in [0.3, 0.4) is 0 Å². The summed E-state index contributed by atoms with van der Waals surface area (Å²) < 4.78 is 18.0. The molecule has 0 saturated heterocycles. The standard InChI is InChI=1S/C18H23FN4O3/c1-3-12(2)21-16(25)10-11-20-15(24)8-9-17-22-18(23-26-17)13-4-6-14(19)7-5-13/h4-7,12H,3,8-11H2,1-2H3,(H,20,24)(H,21,25). The van der Waals surface area contributed by atoms with Gasteiger partial charge in [0.15, 0.2) is 0 Å². The van der Waals surface area contributed by atoms with Gasteiger partial charge in [0.2, 0.25) is 23.5 Å². The molecule has 1 unspecified atom stereocenters. The van der Waals surface area contributed by atoms with E-state index in [1.165, 1.54) is 12.1 Å². The molecule has 0 aliphatic heterocycles. The van der Waals surface area contributed by atoms with Crippen molar-refractivity contribution in [3.8, 4) is 11.4 Å². The molecule has 2 rings (SSSR count). The van der Waals surface area contributed by atoms with Crippen LogP contribution in [0.4, 0.5) is 4.39 Å². The number of nitrogens with zero attached hydrogens (tertiary/aromatic N) is 2. The number of aryl methyl sites for hydroxylation is 1. The molecule has 2 N–H and O–H groups in total. The first-order valence-electron chi connectivity index (χ1n) is 8.62. The summed E-state index contributed by atoms with van der Waals surface area (Å²) in [7, 11) is 0. The summed E-state index contributed by atoms with van der Waals surface area (Å²) in [4.78, 5) is 27.6. The number of amides is 2. The Labute approximate surface area is 151 Å². The largest absolute Gasteiger partial charge is 0.356 e. The molecule has 140 valence electrons. The van der Waals surface area contributed by atoms with E-state index in [0.29, 0.717) is 23.7 Å². The Morgan fingerprint density at radius 2 is 1.92 bits per heavy atom. The second-order valence-electron chi connectivity index (χ2n) is 6.00. The van der Waals surface area contributed by atoms with Crippen LogP contribution in [0, 0.1) is 5.82 Å². The molecule has 0 spiro atoms. The summed E-state index contributed by atoms with van der Waals surface area (Å²) in [6, 6.07) is 5.88. The summed E-state index contributed by atoms with van der Waals surface area (Å²) >= 11 is 0. The Hall–Kier alpha value is -2.77. The van der Waals surface area contributed by atoms with E-state index in [0.717, 1.165) is 6.42 Å². The fraction of sp³-hybridized carbons (Fsp3) is 0.444. The first-order valence-corrected chi connectivity index (χ1v) is 8.62. The van der Waals surface area contributed by atoms with Gasteiger partial charge in [0.25, 0.3) is 0 Å². The molecule has 1 atom stereocenters. The number of rotatable bonds is 9. The van der Waals surface area contributed by atoms with Crippen LogP contribution in [-0.4, -0.2) is 34.5 Å². The number of hydrogen-bond donors (Lipinski definition) is 2. The van der Waals surface area contributed by atoms with Gasteiger partial charge >= 0.3 is 0 Å². The quantitative estimate of drug-likeness (QED) is 0.713. The Balaban J connectivity index is 1.71. The predicted octanol–water partition coefficient (Wildman–Crippen LogP) is 2.23. The van der Waals surface area contributed by atoms with E-state index in [1.807, 2.05) is 13.8 Å². The van der Waals surface area contributed by atoms with Crippen molar-refractivity contribution in [3.05, 3.63) is 36.0 Å². The van der Waals surface area contributed by atoms with Gasteiger partial charge in [0.05, 0.1) is 0 Å². The maximum absolute atomic E-state index is 12.9. The number of halogens is 1. The van der Waals surface area contributed by atoms with Crippen LogP contribution in [0.15, 0.2) is 28.8 Å². The Morgan fingerprint density at radius 3 is 2.62 bits per heavy atom. The molecule has 26 heavy (non-hydrogen) atoms. The van der Waals surface area contributed by atoms with Gasteiger partial charge in [-0.05, 0) is 37.6 Å². The minimum absolute atomic E-state index is 0.0829. The number of aromatic nitrogens is 2. The summed E-state index contributed by atoms with van der Waals surface area (Å²) in [5.41, 5.74) is 0.637. The molecule has 1 aromatic heterocycles. The lowest BCUT2D eigenvalue weighted by atomic mass is 10.2. The van der Waals surface area contributed by atoms with Gasteiger partial charge in [-0.1, -0.05) is 12.1 Å². The highest BCUT2D eigenvalue weighted by molar-refractivity contribution is 5.79. The van der Waals surface area contributed by atoms with Crippen molar-refractivity contribution in [3.63, 3.8) is 0 Å². The van der Waals surface area contributed by atoms with Crippen LogP contribution >= 0.6 is 0 Å². The lowest BCUT2D eigenvalue weighted by molar-refractivity contribution is -0.122. The highest BCUT2D eigenvalue weighted by Gasteiger charge is 2.11. The molecule has 0 radical (unpaired) electrons. The van der Waals surface area contributed by atoms with E-state index in [-0.39, 0.29) is 43.1 Å². The first kappa shape index (κ1) is 19.6. The lowest BCUT2D eigenvalue weighted by Crippen LogP contribution is -2.35. The minimum atomic E-state index is -0.341. The first-order chi connectivity index (χ1) is 12.5. The van der Waals surface area contributed by atoms with E-state index in [1.54, 1.807) is 12.1 Å². The molecule has 0 saturated carbocycles. The molecular weight excluding hydrogens is 339 g/mol. The molecule has 0 bridgehead atoms. The molecule has 0 aliphatic carbocycles. The molecular formula is C18H23FN4O3. The van der Waals surface area contributed by atoms with E-state index in [9.17, 15) is 14.0 Å². The monoisotopic (exact) mass is 362 g/mol. The molecule has 1 heterocycles. The Bertz CT molecular complexity index is 730. The molecule has 2 amide bonds. The summed E-state index contributed by atoms with van der Waals surface area (Å²) in [6.45, 7) is 4.21. The van der Waals surface area contributed by atoms with Crippen LogP contribution in [0.2, 0.25) is 0 Å². The van der Waals surface area contributed by atoms with Crippen LogP contribution in [0.5, 0.6) is 0 Å². The third-order valence-corrected chi connectivity index (χ3v) is 3.83. The fourth-order valence-electron chi connectivity index (χ4n) is 2.15. The van der Waals surface area contributed by atoms with Gasteiger partial charge in [-0.2, -0.15) is 4.98 Å². The van der Waals surface area contributed by atoms with Crippen molar-refractivity contribution in [1.29, 1.82) is 0 Å². The summed E-state index contributed by atoms with van der Waals surface area (Å²) in [5, 5.41) is 9.35. The third kappa shape index (κ3) is 6.27. The van der Waals surface area contributed by atoms with E-state index in [2.05, 4.69) is 20.8 Å². The van der Waals surface area contributed by atoms with Gasteiger partial charge in [0, 0.05) is 37.4 Å². The predicted molar refractivity (Wildman–Crippen MR) is 93.5 cm³/mol. The third-order valence-electron chi connectivity index (χ3n) is 3.83. The van der Waals surface area contributed by atoms with Crippen molar-refractivity contribution < 1.29 is 18.5 Å². The average molecular weight is 362 g/mol.